The Morgan fingerprint density at radius 1 is 1.21 bits per heavy atom. The first kappa shape index (κ1) is 19.3. The molecule has 0 aliphatic carbocycles. The van der Waals surface area contributed by atoms with Gasteiger partial charge in [-0.05, 0) is 35.7 Å². The number of rotatable bonds is 6. The highest BCUT2D eigenvalue weighted by molar-refractivity contribution is 7.90. The van der Waals surface area contributed by atoms with E-state index in [-0.39, 0.29) is 29.9 Å². The minimum Gasteiger partial charge on any atom is -0.454 e. The molecule has 0 saturated carbocycles. The van der Waals surface area contributed by atoms with Crippen LogP contribution in [0.15, 0.2) is 51.8 Å². The standard InChI is InChI=1S/C20H21N3O5S/c1-13(8-19-22-15-4-2-3-5-18(15)29(25,26)23-19)9-20(24)21-11-14-6-7-16-17(10-14)28-12-27-16/h2-7,10,13H,8-9,11-12H2,1H3,(H,21,24)(H,22,23)/t13-/m0/s1. The number of amides is 1. The average Bonchev–Trinajstić information content (AvgIpc) is 3.13. The van der Waals surface area contributed by atoms with Crippen LogP contribution in [0.2, 0.25) is 0 Å². The minimum atomic E-state index is -3.71. The number of hydrogen-bond acceptors (Lipinski definition) is 6. The molecule has 0 aromatic heterocycles. The average molecular weight is 415 g/mol. The molecular weight excluding hydrogens is 394 g/mol. The van der Waals surface area contributed by atoms with Gasteiger partial charge in [0.25, 0.3) is 10.0 Å². The van der Waals surface area contributed by atoms with Crippen LogP contribution in [0, 0.1) is 5.92 Å². The van der Waals surface area contributed by atoms with Crippen molar-refractivity contribution < 1.29 is 22.7 Å². The van der Waals surface area contributed by atoms with Crippen molar-refractivity contribution in [3.05, 3.63) is 48.0 Å². The lowest BCUT2D eigenvalue weighted by molar-refractivity contribution is -0.122. The van der Waals surface area contributed by atoms with E-state index in [1.54, 1.807) is 18.2 Å². The van der Waals surface area contributed by atoms with Crippen molar-refractivity contribution in [3.8, 4) is 11.5 Å². The third kappa shape index (κ3) is 4.34. The van der Waals surface area contributed by atoms with Gasteiger partial charge in [-0.25, -0.2) is 0 Å². The number of fused-ring (bicyclic) bond motifs is 2. The van der Waals surface area contributed by atoms with Crippen LogP contribution in [-0.4, -0.2) is 27.0 Å². The van der Waals surface area contributed by atoms with E-state index >= 15 is 0 Å². The second kappa shape index (κ2) is 7.75. The number of carbonyl (C=O) groups excluding carboxylic acids is 1. The van der Waals surface area contributed by atoms with E-state index in [1.807, 2.05) is 25.1 Å². The van der Waals surface area contributed by atoms with E-state index < -0.39 is 10.0 Å². The van der Waals surface area contributed by atoms with Gasteiger partial charge in [0.15, 0.2) is 11.5 Å². The van der Waals surface area contributed by atoms with E-state index in [0.717, 1.165) is 5.56 Å². The molecule has 2 aromatic carbocycles. The highest BCUT2D eigenvalue weighted by Crippen LogP contribution is 2.32. The van der Waals surface area contributed by atoms with Crippen molar-refractivity contribution in [3.63, 3.8) is 0 Å². The third-order valence-electron chi connectivity index (χ3n) is 4.68. The van der Waals surface area contributed by atoms with Gasteiger partial charge in [-0.1, -0.05) is 25.1 Å². The fourth-order valence-electron chi connectivity index (χ4n) is 3.30. The Morgan fingerprint density at radius 2 is 2.00 bits per heavy atom. The van der Waals surface area contributed by atoms with E-state index in [0.29, 0.717) is 36.0 Å². The van der Waals surface area contributed by atoms with Gasteiger partial charge in [-0.15, -0.1) is 4.40 Å². The summed E-state index contributed by atoms with van der Waals surface area (Å²) in [5.74, 6) is 1.52. The van der Waals surface area contributed by atoms with Gasteiger partial charge in [-0.2, -0.15) is 8.42 Å². The maximum atomic E-state index is 12.3. The van der Waals surface area contributed by atoms with Crippen molar-refractivity contribution in [2.24, 2.45) is 10.3 Å². The van der Waals surface area contributed by atoms with Crippen molar-refractivity contribution >= 4 is 27.5 Å². The summed E-state index contributed by atoms with van der Waals surface area (Å²) in [5, 5.41) is 5.93. The van der Waals surface area contributed by atoms with Crippen molar-refractivity contribution in [1.29, 1.82) is 0 Å². The summed E-state index contributed by atoms with van der Waals surface area (Å²) >= 11 is 0. The maximum Gasteiger partial charge on any atom is 0.286 e. The molecule has 2 heterocycles. The third-order valence-corrected chi connectivity index (χ3v) is 6.05. The fourth-order valence-corrected chi connectivity index (χ4v) is 4.45. The van der Waals surface area contributed by atoms with Crippen LogP contribution in [0.4, 0.5) is 5.69 Å². The van der Waals surface area contributed by atoms with E-state index in [9.17, 15) is 13.2 Å². The van der Waals surface area contributed by atoms with Crippen molar-refractivity contribution in [2.75, 3.05) is 12.1 Å². The molecule has 1 atom stereocenters. The Kier molecular flexibility index (Phi) is 5.14. The molecule has 2 aliphatic heterocycles. The Morgan fingerprint density at radius 3 is 2.86 bits per heavy atom. The normalized spacial score (nSPS) is 16.9. The summed E-state index contributed by atoms with van der Waals surface area (Å²) in [5.41, 5.74) is 1.42. The second-order valence-corrected chi connectivity index (χ2v) is 8.68. The van der Waals surface area contributed by atoms with Crippen LogP contribution in [0.1, 0.15) is 25.3 Å². The number of nitrogens with zero attached hydrogens (tertiary/aromatic N) is 1. The molecule has 4 rings (SSSR count). The zero-order chi connectivity index (χ0) is 20.4. The van der Waals surface area contributed by atoms with Crippen molar-refractivity contribution in [2.45, 2.75) is 31.2 Å². The Labute approximate surface area is 169 Å². The van der Waals surface area contributed by atoms with Crippen LogP contribution in [-0.2, 0) is 21.4 Å². The first-order chi connectivity index (χ1) is 13.9. The quantitative estimate of drug-likeness (QED) is 0.751. The summed E-state index contributed by atoms with van der Waals surface area (Å²) in [6.07, 6.45) is 0.609. The number of benzene rings is 2. The summed E-state index contributed by atoms with van der Waals surface area (Å²) in [6.45, 7) is 2.47. The lowest BCUT2D eigenvalue weighted by Gasteiger charge is -2.20. The maximum absolute atomic E-state index is 12.3. The molecule has 0 bridgehead atoms. The van der Waals surface area contributed by atoms with Gasteiger partial charge in [0.05, 0.1) is 5.69 Å². The van der Waals surface area contributed by atoms with Crippen LogP contribution >= 0.6 is 0 Å². The van der Waals surface area contributed by atoms with Crippen LogP contribution < -0.4 is 20.1 Å². The molecule has 0 saturated heterocycles. The number of nitrogens with one attached hydrogen (secondary N) is 2. The number of para-hydroxylation sites is 1. The van der Waals surface area contributed by atoms with Gasteiger partial charge in [-0.3, -0.25) is 4.79 Å². The molecule has 2 aliphatic rings. The highest BCUT2D eigenvalue weighted by atomic mass is 32.2. The van der Waals surface area contributed by atoms with Gasteiger partial charge < -0.3 is 20.1 Å². The lowest BCUT2D eigenvalue weighted by Crippen LogP contribution is -2.27. The molecule has 0 fully saturated rings. The van der Waals surface area contributed by atoms with Crippen LogP contribution in [0.3, 0.4) is 0 Å². The van der Waals surface area contributed by atoms with Gasteiger partial charge in [0.2, 0.25) is 12.7 Å². The predicted molar refractivity (Wildman–Crippen MR) is 107 cm³/mol. The van der Waals surface area contributed by atoms with Gasteiger partial charge in [0.1, 0.15) is 10.7 Å². The minimum absolute atomic E-state index is 0.0848. The summed E-state index contributed by atoms with van der Waals surface area (Å²) in [7, 11) is -3.71. The second-order valence-electron chi connectivity index (χ2n) is 7.11. The number of anilines is 1. The summed E-state index contributed by atoms with van der Waals surface area (Å²) < 4.78 is 39.1. The van der Waals surface area contributed by atoms with Gasteiger partial charge >= 0.3 is 0 Å². The largest absolute Gasteiger partial charge is 0.454 e. The number of sulfonamides is 1. The fraction of sp³-hybridized carbons (Fsp3) is 0.300. The zero-order valence-electron chi connectivity index (χ0n) is 15.8. The lowest BCUT2D eigenvalue weighted by atomic mass is 10.0. The SMILES string of the molecule is C[C@H](CC(=O)NCc1ccc2c(c1)OCO2)CC1=NS(=O)(=O)c2ccccc2N1. The van der Waals surface area contributed by atoms with Gasteiger partial charge in [0, 0.05) is 19.4 Å². The molecule has 1 amide bonds. The molecular formula is C20H21N3O5S. The monoisotopic (exact) mass is 415 g/mol. The zero-order valence-corrected chi connectivity index (χ0v) is 16.7. The van der Waals surface area contributed by atoms with E-state index in [4.69, 9.17) is 9.47 Å². The Hall–Kier alpha value is -3.07. The topological polar surface area (TPSA) is 106 Å². The number of hydrogen-bond donors (Lipinski definition) is 2. The molecule has 0 unspecified atom stereocenters. The van der Waals surface area contributed by atoms with E-state index in [1.165, 1.54) is 6.07 Å². The molecule has 2 N–H and O–H groups in total. The van der Waals surface area contributed by atoms with E-state index in [2.05, 4.69) is 15.0 Å². The van der Waals surface area contributed by atoms with Crippen LogP contribution in [0.25, 0.3) is 0 Å². The molecule has 8 nitrogen and oxygen atoms in total. The predicted octanol–water partition coefficient (Wildman–Crippen LogP) is 2.66. The highest BCUT2D eigenvalue weighted by Gasteiger charge is 2.25. The number of amidine groups is 1. The first-order valence-electron chi connectivity index (χ1n) is 9.26. The summed E-state index contributed by atoms with van der Waals surface area (Å²) in [4.78, 5) is 12.4. The first-order valence-corrected chi connectivity index (χ1v) is 10.7. The molecule has 152 valence electrons. The molecule has 2 aromatic rings. The smallest absolute Gasteiger partial charge is 0.286 e. The number of carbonyl (C=O) groups is 1. The molecule has 29 heavy (non-hydrogen) atoms. The van der Waals surface area contributed by atoms with Crippen molar-refractivity contribution in [1.82, 2.24) is 5.32 Å². The number of ether oxygens (including phenoxy) is 2. The summed E-state index contributed by atoms with van der Waals surface area (Å²) in [6, 6.07) is 12.2. The molecule has 9 heteroatoms. The Bertz CT molecular complexity index is 1080. The molecule has 0 spiro atoms. The van der Waals surface area contributed by atoms with Crippen LogP contribution in [0.5, 0.6) is 11.5 Å². The molecule has 0 radical (unpaired) electrons. The Balaban J connectivity index is 1.31.